The minimum atomic E-state index is -0.426. The van der Waals surface area contributed by atoms with Crippen molar-refractivity contribution in [2.75, 3.05) is 6.54 Å². The monoisotopic (exact) mass is 311 g/mol. The number of hydrogen-bond donors (Lipinski definition) is 0. The number of carbonyl (C=O) groups is 1. The second-order valence-electron chi connectivity index (χ2n) is 5.66. The number of para-hydroxylation sites is 1. The van der Waals surface area contributed by atoms with E-state index in [4.69, 9.17) is 4.74 Å². The summed E-state index contributed by atoms with van der Waals surface area (Å²) in [5.41, 5.74) is 1.52. The SMILES string of the molecule is Cc1ccc([C@@H]2CC=CN(C(=O)Oc3ccccc3)C2)cc1F. The van der Waals surface area contributed by atoms with Gasteiger partial charge in [0.15, 0.2) is 0 Å². The van der Waals surface area contributed by atoms with Gasteiger partial charge in [-0.3, -0.25) is 4.90 Å². The van der Waals surface area contributed by atoms with Gasteiger partial charge >= 0.3 is 6.09 Å². The van der Waals surface area contributed by atoms with Gasteiger partial charge in [-0.2, -0.15) is 0 Å². The molecule has 0 unspecified atom stereocenters. The molecule has 1 atom stereocenters. The summed E-state index contributed by atoms with van der Waals surface area (Å²) in [5.74, 6) is 0.364. The number of nitrogens with zero attached hydrogens (tertiary/aromatic N) is 1. The molecule has 0 aromatic heterocycles. The van der Waals surface area contributed by atoms with Crippen molar-refractivity contribution in [1.29, 1.82) is 0 Å². The Morgan fingerprint density at radius 2 is 2.00 bits per heavy atom. The molecular weight excluding hydrogens is 293 g/mol. The Labute approximate surface area is 135 Å². The van der Waals surface area contributed by atoms with Crippen molar-refractivity contribution in [3.8, 4) is 5.75 Å². The third-order valence-electron chi connectivity index (χ3n) is 3.97. The lowest BCUT2D eigenvalue weighted by molar-refractivity contribution is 0.165. The number of allylic oxidation sites excluding steroid dienone is 1. The standard InChI is InChI=1S/C19H18FNO2/c1-14-9-10-15(12-18(14)20)16-6-5-11-21(13-16)19(22)23-17-7-3-2-4-8-17/h2-5,7-12,16H,6,13H2,1H3/t16-/m1/s1. The molecule has 118 valence electrons. The van der Waals surface area contributed by atoms with Gasteiger partial charge in [-0.05, 0) is 42.7 Å². The van der Waals surface area contributed by atoms with Gasteiger partial charge in [-0.1, -0.05) is 36.4 Å². The normalized spacial score (nSPS) is 17.1. The lowest BCUT2D eigenvalue weighted by atomic mass is 9.92. The van der Waals surface area contributed by atoms with Gasteiger partial charge in [-0.15, -0.1) is 0 Å². The first-order chi connectivity index (χ1) is 11.1. The van der Waals surface area contributed by atoms with Gasteiger partial charge in [0, 0.05) is 18.7 Å². The number of halogens is 1. The summed E-state index contributed by atoms with van der Waals surface area (Å²) in [5, 5.41) is 0. The van der Waals surface area contributed by atoms with E-state index in [0.717, 1.165) is 12.0 Å². The zero-order chi connectivity index (χ0) is 16.2. The van der Waals surface area contributed by atoms with Gasteiger partial charge in [-0.25, -0.2) is 9.18 Å². The fourth-order valence-corrected chi connectivity index (χ4v) is 2.61. The maximum absolute atomic E-state index is 13.8. The van der Waals surface area contributed by atoms with Crippen molar-refractivity contribution >= 4 is 6.09 Å². The Bertz CT molecular complexity index is 727. The fraction of sp³-hybridized carbons (Fsp3) is 0.211. The lowest BCUT2D eigenvalue weighted by Gasteiger charge is -2.27. The molecular formula is C19H18FNO2. The molecule has 0 fully saturated rings. The Hall–Kier alpha value is -2.62. The third-order valence-corrected chi connectivity index (χ3v) is 3.97. The number of amides is 1. The topological polar surface area (TPSA) is 29.5 Å². The third kappa shape index (κ3) is 3.59. The van der Waals surface area contributed by atoms with Crippen LogP contribution in [0.4, 0.5) is 9.18 Å². The summed E-state index contributed by atoms with van der Waals surface area (Å²) in [4.78, 5) is 13.8. The Kier molecular flexibility index (Phi) is 4.42. The van der Waals surface area contributed by atoms with E-state index in [2.05, 4.69) is 0 Å². The van der Waals surface area contributed by atoms with Crippen LogP contribution in [0.25, 0.3) is 0 Å². The summed E-state index contributed by atoms with van der Waals surface area (Å²) in [6.07, 6.45) is 3.99. The Morgan fingerprint density at radius 1 is 1.22 bits per heavy atom. The number of ether oxygens (including phenoxy) is 1. The molecule has 0 saturated carbocycles. The van der Waals surface area contributed by atoms with Crippen LogP contribution >= 0.6 is 0 Å². The van der Waals surface area contributed by atoms with Crippen molar-refractivity contribution in [3.05, 3.63) is 77.8 Å². The van der Waals surface area contributed by atoms with E-state index in [-0.39, 0.29) is 11.7 Å². The number of hydrogen-bond acceptors (Lipinski definition) is 2. The first-order valence-electron chi connectivity index (χ1n) is 7.59. The summed E-state index contributed by atoms with van der Waals surface area (Å²) >= 11 is 0. The average molecular weight is 311 g/mol. The highest BCUT2D eigenvalue weighted by Crippen LogP contribution is 2.27. The molecule has 4 heteroatoms. The molecule has 0 spiro atoms. The van der Waals surface area contributed by atoms with Crippen LogP contribution in [0.2, 0.25) is 0 Å². The first kappa shape index (κ1) is 15.3. The van der Waals surface area contributed by atoms with Crippen LogP contribution in [-0.2, 0) is 0 Å². The van der Waals surface area contributed by atoms with Crippen molar-refractivity contribution < 1.29 is 13.9 Å². The van der Waals surface area contributed by atoms with Gasteiger partial charge in [0.05, 0.1) is 0 Å². The van der Waals surface area contributed by atoms with E-state index in [9.17, 15) is 9.18 Å². The number of aryl methyl sites for hydroxylation is 1. The molecule has 1 aliphatic heterocycles. The largest absolute Gasteiger partial charge is 0.419 e. The van der Waals surface area contributed by atoms with Crippen LogP contribution in [0, 0.1) is 12.7 Å². The van der Waals surface area contributed by atoms with Gasteiger partial charge in [0.25, 0.3) is 0 Å². The van der Waals surface area contributed by atoms with Crippen LogP contribution in [0.1, 0.15) is 23.5 Å². The fourth-order valence-electron chi connectivity index (χ4n) is 2.61. The van der Waals surface area contributed by atoms with E-state index in [1.54, 1.807) is 37.4 Å². The van der Waals surface area contributed by atoms with Crippen molar-refractivity contribution in [2.24, 2.45) is 0 Å². The van der Waals surface area contributed by atoms with Crippen LogP contribution in [0.3, 0.4) is 0 Å². The first-order valence-corrected chi connectivity index (χ1v) is 7.59. The van der Waals surface area contributed by atoms with E-state index < -0.39 is 6.09 Å². The lowest BCUT2D eigenvalue weighted by Crippen LogP contribution is -2.34. The minimum absolute atomic E-state index is 0.0680. The maximum Gasteiger partial charge on any atom is 0.419 e. The average Bonchev–Trinajstić information content (AvgIpc) is 2.58. The molecule has 0 radical (unpaired) electrons. The molecule has 1 aliphatic rings. The van der Waals surface area contributed by atoms with Crippen molar-refractivity contribution in [3.63, 3.8) is 0 Å². The van der Waals surface area contributed by atoms with Gasteiger partial charge in [0.1, 0.15) is 11.6 Å². The van der Waals surface area contributed by atoms with Crippen molar-refractivity contribution in [1.82, 2.24) is 4.90 Å². The van der Waals surface area contributed by atoms with Crippen molar-refractivity contribution in [2.45, 2.75) is 19.3 Å². The predicted molar refractivity (Wildman–Crippen MR) is 86.8 cm³/mol. The number of benzene rings is 2. The molecule has 0 aliphatic carbocycles. The van der Waals surface area contributed by atoms with Crippen LogP contribution in [0.15, 0.2) is 60.8 Å². The zero-order valence-electron chi connectivity index (χ0n) is 12.9. The molecule has 2 aromatic rings. The van der Waals surface area contributed by atoms with Gasteiger partial charge in [0.2, 0.25) is 0 Å². The van der Waals surface area contributed by atoms with E-state index in [0.29, 0.717) is 17.9 Å². The van der Waals surface area contributed by atoms with E-state index in [1.807, 2.05) is 30.3 Å². The molecule has 0 N–H and O–H groups in total. The molecule has 1 amide bonds. The quantitative estimate of drug-likeness (QED) is 0.809. The molecule has 23 heavy (non-hydrogen) atoms. The highest BCUT2D eigenvalue weighted by molar-refractivity contribution is 5.72. The van der Waals surface area contributed by atoms with E-state index in [1.165, 1.54) is 4.90 Å². The Balaban J connectivity index is 1.70. The minimum Gasteiger partial charge on any atom is -0.410 e. The summed E-state index contributed by atoms with van der Waals surface area (Å²) in [7, 11) is 0. The van der Waals surface area contributed by atoms with Crippen LogP contribution < -0.4 is 4.74 Å². The highest BCUT2D eigenvalue weighted by Gasteiger charge is 2.23. The maximum atomic E-state index is 13.8. The summed E-state index contributed by atoms with van der Waals surface area (Å²) < 4.78 is 19.1. The second kappa shape index (κ2) is 6.65. The number of carbonyl (C=O) groups excluding carboxylic acids is 1. The van der Waals surface area contributed by atoms with Gasteiger partial charge < -0.3 is 4.74 Å². The van der Waals surface area contributed by atoms with E-state index >= 15 is 0 Å². The zero-order valence-corrected chi connectivity index (χ0v) is 12.9. The molecule has 3 rings (SSSR count). The predicted octanol–water partition coefficient (Wildman–Crippen LogP) is 4.64. The number of rotatable bonds is 2. The molecule has 0 bridgehead atoms. The molecule has 0 saturated heterocycles. The molecule has 1 heterocycles. The smallest absolute Gasteiger partial charge is 0.410 e. The second-order valence-corrected chi connectivity index (χ2v) is 5.66. The van der Waals surface area contributed by atoms with Crippen LogP contribution in [-0.4, -0.2) is 17.5 Å². The van der Waals surface area contributed by atoms with Crippen LogP contribution in [0.5, 0.6) is 5.75 Å². The Morgan fingerprint density at radius 3 is 2.74 bits per heavy atom. The summed E-state index contributed by atoms with van der Waals surface area (Å²) in [6, 6.07) is 14.2. The molecule has 2 aromatic carbocycles. The summed E-state index contributed by atoms with van der Waals surface area (Å²) in [6.45, 7) is 2.22. The highest BCUT2D eigenvalue weighted by atomic mass is 19.1. The molecule has 3 nitrogen and oxygen atoms in total.